The van der Waals surface area contributed by atoms with Crippen LogP contribution < -0.4 is 19.9 Å². The van der Waals surface area contributed by atoms with Crippen LogP contribution in [0.2, 0.25) is 0 Å². The summed E-state index contributed by atoms with van der Waals surface area (Å²) in [6.45, 7) is 2.82. The van der Waals surface area contributed by atoms with Gasteiger partial charge in [-0.25, -0.2) is 0 Å². The maximum atomic E-state index is 6.30. The number of para-hydroxylation sites is 1. The zero-order chi connectivity index (χ0) is 26.6. The molecule has 4 rings (SSSR count). The number of benzene rings is 4. The molecule has 0 saturated carbocycles. The van der Waals surface area contributed by atoms with Crippen LogP contribution in [0.3, 0.4) is 0 Å². The first-order valence-corrected chi connectivity index (χ1v) is 13.2. The lowest BCUT2D eigenvalue weighted by atomic mass is 9.96. The summed E-state index contributed by atoms with van der Waals surface area (Å²) in [5, 5.41) is 0. The van der Waals surface area contributed by atoms with Gasteiger partial charge in [0, 0.05) is 26.1 Å². The molecule has 0 radical (unpaired) electrons. The Kier molecular flexibility index (Phi) is 10.2. The molecule has 5 heteroatoms. The van der Waals surface area contributed by atoms with Gasteiger partial charge in [0.05, 0.1) is 26.9 Å². The lowest BCUT2D eigenvalue weighted by Gasteiger charge is -2.32. The summed E-state index contributed by atoms with van der Waals surface area (Å²) in [4.78, 5) is 2.43. The highest BCUT2D eigenvalue weighted by Crippen LogP contribution is 2.31. The summed E-state index contributed by atoms with van der Waals surface area (Å²) in [7, 11) is 3.38. The quantitative estimate of drug-likeness (QED) is 0.207. The number of rotatable bonds is 14. The topological polar surface area (TPSA) is 57.0 Å². The first-order chi connectivity index (χ1) is 18.7. The van der Waals surface area contributed by atoms with Gasteiger partial charge >= 0.3 is 0 Å². The number of ether oxygens (including phenoxy) is 3. The van der Waals surface area contributed by atoms with Crippen molar-refractivity contribution < 1.29 is 14.2 Å². The molecule has 4 aromatic rings. The zero-order valence-corrected chi connectivity index (χ0v) is 22.4. The van der Waals surface area contributed by atoms with Crippen molar-refractivity contribution in [2.75, 3.05) is 40.5 Å². The maximum Gasteiger partial charge on any atom is 0.122 e. The van der Waals surface area contributed by atoms with E-state index in [1.807, 2.05) is 36.4 Å². The third-order valence-corrected chi connectivity index (χ3v) is 6.70. The van der Waals surface area contributed by atoms with Crippen LogP contribution in [-0.2, 0) is 6.42 Å². The fourth-order valence-corrected chi connectivity index (χ4v) is 4.78. The Balaban J connectivity index is 1.47. The van der Waals surface area contributed by atoms with E-state index in [1.54, 1.807) is 14.2 Å². The van der Waals surface area contributed by atoms with E-state index in [0.717, 1.165) is 43.2 Å². The van der Waals surface area contributed by atoms with E-state index in [-0.39, 0.29) is 6.04 Å². The van der Waals surface area contributed by atoms with Crippen molar-refractivity contribution in [1.82, 2.24) is 4.90 Å². The molecular weight excluding hydrogens is 472 g/mol. The highest BCUT2D eigenvalue weighted by molar-refractivity contribution is 5.39. The predicted octanol–water partition coefficient (Wildman–Crippen LogP) is 6.11. The Hall–Kier alpha value is -3.80. The van der Waals surface area contributed by atoms with E-state index in [9.17, 15) is 0 Å². The number of methoxy groups -OCH3 is 2. The van der Waals surface area contributed by atoms with Gasteiger partial charge in [-0.1, -0.05) is 72.8 Å². The lowest BCUT2D eigenvalue weighted by molar-refractivity contribution is 0.204. The minimum absolute atomic E-state index is 0.0562. The first-order valence-electron chi connectivity index (χ1n) is 13.2. The van der Waals surface area contributed by atoms with Crippen molar-refractivity contribution in [3.8, 4) is 17.2 Å². The van der Waals surface area contributed by atoms with Gasteiger partial charge in [-0.2, -0.15) is 0 Å². The molecule has 0 saturated heterocycles. The molecule has 0 atom stereocenters. The van der Waals surface area contributed by atoms with Crippen LogP contribution in [0.5, 0.6) is 17.2 Å². The fraction of sp³-hybridized carbons (Fsp3) is 0.273. The standard InChI is InChI=1S/C33H38N2O3/c1-36-30-17-13-27(14-18-30)33(28-15-19-31(37-2)20-16-28)35(23-21-34)22-8-24-38-32-12-7-6-11-29(32)25-26-9-4-3-5-10-26/h3-7,9-20,33H,8,21-25,34H2,1-2H3. The van der Waals surface area contributed by atoms with Crippen molar-refractivity contribution in [1.29, 1.82) is 0 Å². The van der Waals surface area contributed by atoms with Crippen molar-refractivity contribution in [2.45, 2.75) is 18.9 Å². The normalized spacial score (nSPS) is 11.1. The minimum atomic E-state index is 0.0562. The molecule has 2 N–H and O–H groups in total. The Bertz CT molecular complexity index is 1180. The van der Waals surface area contributed by atoms with Gasteiger partial charge in [0.25, 0.3) is 0 Å². The fourth-order valence-electron chi connectivity index (χ4n) is 4.78. The van der Waals surface area contributed by atoms with Crippen molar-refractivity contribution in [2.24, 2.45) is 5.73 Å². The van der Waals surface area contributed by atoms with Crippen LogP contribution in [0.1, 0.15) is 34.7 Å². The second kappa shape index (κ2) is 14.2. The third kappa shape index (κ3) is 7.37. The number of hydrogen-bond donors (Lipinski definition) is 1. The molecule has 0 unspecified atom stereocenters. The molecule has 0 aliphatic carbocycles. The average molecular weight is 511 g/mol. The monoisotopic (exact) mass is 510 g/mol. The molecule has 4 aromatic carbocycles. The third-order valence-electron chi connectivity index (χ3n) is 6.70. The van der Waals surface area contributed by atoms with Crippen molar-refractivity contribution >= 4 is 0 Å². The number of nitrogens with zero attached hydrogens (tertiary/aromatic N) is 1. The molecule has 0 amide bonds. The molecule has 0 bridgehead atoms. The minimum Gasteiger partial charge on any atom is -0.497 e. The van der Waals surface area contributed by atoms with E-state index in [4.69, 9.17) is 19.9 Å². The van der Waals surface area contributed by atoms with Gasteiger partial charge in [0.2, 0.25) is 0 Å². The molecule has 0 aromatic heterocycles. The van der Waals surface area contributed by atoms with Gasteiger partial charge in [0.1, 0.15) is 17.2 Å². The first kappa shape index (κ1) is 27.2. The van der Waals surface area contributed by atoms with E-state index < -0.39 is 0 Å². The largest absolute Gasteiger partial charge is 0.497 e. The van der Waals surface area contributed by atoms with Crippen LogP contribution in [0.4, 0.5) is 0 Å². The molecule has 0 aliphatic rings. The summed E-state index contributed by atoms with van der Waals surface area (Å²) in [6, 6.07) is 35.5. The summed E-state index contributed by atoms with van der Waals surface area (Å²) < 4.78 is 17.1. The molecule has 0 fully saturated rings. The van der Waals surface area contributed by atoms with E-state index in [2.05, 4.69) is 71.6 Å². The summed E-state index contributed by atoms with van der Waals surface area (Å²) in [5.41, 5.74) is 11.0. The van der Waals surface area contributed by atoms with Gasteiger partial charge in [0.15, 0.2) is 0 Å². The smallest absolute Gasteiger partial charge is 0.122 e. The van der Waals surface area contributed by atoms with Gasteiger partial charge in [-0.3, -0.25) is 4.90 Å². The van der Waals surface area contributed by atoms with Crippen LogP contribution in [0.15, 0.2) is 103 Å². The Morgan fingerprint density at radius 3 is 1.84 bits per heavy atom. The summed E-state index contributed by atoms with van der Waals surface area (Å²) in [6.07, 6.45) is 1.73. The second-order valence-electron chi connectivity index (χ2n) is 9.25. The van der Waals surface area contributed by atoms with Crippen LogP contribution >= 0.6 is 0 Å². The Morgan fingerprint density at radius 2 is 1.26 bits per heavy atom. The lowest BCUT2D eigenvalue weighted by Crippen LogP contribution is -2.35. The maximum absolute atomic E-state index is 6.30. The summed E-state index contributed by atoms with van der Waals surface area (Å²) >= 11 is 0. The van der Waals surface area contributed by atoms with E-state index in [1.165, 1.54) is 22.3 Å². The van der Waals surface area contributed by atoms with Gasteiger partial charge < -0.3 is 19.9 Å². The summed E-state index contributed by atoms with van der Waals surface area (Å²) in [5.74, 6) is 2.63. The van der Waals surface area contributed by atoms with Crippen LogP contribution in [0.25, 0.3) is 0 Å². The van der Waals surface area contributed by atoms with E-state index >= 15 is 0 Å². The van der Waals surface area contributed by atoms with Crippen LogP contribution in [0, 0.1) is 0 Å². The highest BCUT2D eigenvalue weighted by atomic mass is 16.5. The van der Waals surface area contributed by atoms with Crippen LogP contribution in [-0.4, -0.2) is 45.4 Å². The predicted molar refractivity (Wildman–Crippen MR) is 154 cm³/mol. The molecule has 0 spiro atoms. The number of nitrogens with two attached hydrogens (primary N) is 1. The SMILES string of the molecule is COc1ccc(C(c2ccc(OC)cc2)N(CCN)CCCOc2ccccc2Cc2ccccc2)cc1. The highest BCUT2D eigenvalue weighted by Gasteiger charge is 2.22. The molecule has 198 valence electrons. The van der Waals surface area contributed by atoms with Crippen molar-refractivity contribution in [3.05, 3.63) is 125 Å². The molecular formula is C33H38N2O3. The van der Waals surface area contributed by atoms with Gasteiger partial charge in [-0.05, 0) is 59.0 Å². The molecule has 5 nitrogen and oxygen atoms in total. The molecule has 38 heavy (non-hydrogen) atoms. The van der Waals surface area contributed by atoms with Gasteiger partial charge in [-0.15, -0.1) is 0 Å². The van der Waals surface area contributed by atoms with E-state index in [0.29, 0.717) is 13.2 Å². The molecule has 0 heterocycles. The average Bonchev–Trinajstić information content (AvgIpc) is 2.97. The Morgan fingerprint density at radius 1 is 0.684 bits per heavy atom. The Labute approximate surface area is 226 Å². The number of hydrogen-bond acceptors (Lipinski definition) is 5. The van der Waals surface area contributed by atoms with Crippen molar-refractivity contribution in [3.63, 3.8) is 0 Å². The molecule has 0 aliphatic heterocycles. The zero-order valence-electron chi connectivity index (χ0n) is 22.4. The second-order valence-corrected chi connectivity index (χ2v) is 9.25.